The zero-order valence-corrected chi connectivity index (χ0v) is 11.6. The Morgan fingerprint density at radius 3 is 2.65 bits per heavy atom. The van der Waals surface area contributed by atoms with Crippen LogP contribution in [0.25, 0.3) is 0 Å². The van der Waals surface area contributed by atoms with Crippen LogP contribution in [0.3, 0.4) is 0 Å². The van der Waals surface area contributed by atoms with Gasteiger partial charge < -0.3 is 15.7 Å². The number of nitrogens with two attached hydrogens (primary N) is 1. The Bertz CT molecular complexity index is 638. The van der Waals surface area contributed by atoms with Gasteiger partial charge in [0.05, 0.1) is 0 Å². The standard InChI is InChI=1S/C16H18N2O2/c1-11-14(7-4-8-15(11)19)16(20)18(2)13-6-3-5-12(9-13)10-17/h3-9,19H,10,17H2,1-2H3. The lowest BCUT2D eigenvalue weighted by atomic mass is 10.1. The summed E-state index contributed by atoms with van der Waals surface area (Å²) in [5.74, 6) is -0.0347. The molecule has 0 spiro atoms. The third kappa shape index (κ3) is 2.65. The number of amides is 1. The molecule has 0 aliphatic rings. The molecule has 0 aliphatic carbocycles. The van der Waals surface area contributed by atoms with Crippen LogP contribution in [-0.2, 0) is 6.54 Å². The second-order valence-electron chi connectivity index (χ2n) is 4.69. The average molecular weight is 270 g/mol. The maximum absolute atomic E-state index is 12.5. The van der Waals surface area contributed by atoms with Crippen molar-refractivity contribution in [3.8, 4) is 5.75 Å². The minimum Gasteiger partial charge on any atom is -0.508 e. The zero-order valence-electron chi connectivity index (χ0n) is 11.6. The molecule has 20 heavy (non-hydrogen) atoms. The Hall–Kier alpha value is -2.33. The van der Waals surface area contributed by atoms with Crippen molar-refractivity contribution < 1.29 is 9.90 Å². The van der Waals surface area contributed by atoms with Gasteiger partial charge in [-0.2, -0.15) is 0 Å². The Balaban J connectivity index is 2.35. The van der Waals surface area contributed by atoms with Crippen molar-refractivity contribution in [2.24, 2.45) is 5.73 Å². The van der Waals surface area contributed by atoms with Gasteiger partial charge in [0.2, 0.25) is 0 Å². The summed E-state index contributed by atoms with van der Waals surface area (Å²) in [6, 6.07) is 12.5. The van der Waals surface area contributed by atoms with Crippen molar-refractivity contribution in [2.45, 2.75) is 13.5 Å². The topological polar surface area (TPSA) is 66.6 Å². The van der Waals surface area contributed by atoms with E-state index in [0.29, 0.717) is 17.7 Å². The lowest BCUT2D eigenvalue weighted by molar-refractivity contribution is 0.0992. The van der Waals surface area contributed by atoms with E-state index in [1.54, 1.807) is 37.1 Å². The quantitative estimate of drug-likeness (QED) is 0.900. The highest BCUT2D eigenvalue weighted by Crippen LogP contribution is 2.23. The highest BCUT2D eigenvalue weighted by Gasteiger charge is 2.17. The van der Waals surface area contributed by atoms with E-state index in [0.717, 1.165) is 11.3 Å². The van der Waals surface area contributed by atoms with E-state index < -0.39 is 0 Å². The Kier molecular flexibility index (Phi) is 4.05. The summed E-state index contributed by atoms with van der Waals surface area (Å²) in [5.41, 5.74) is 8.43. The van der Waals surface area contributed by atoms with Crippen LogP contribution < -0.4 is 10.6 Å². The van der Waals surface area contributed by atoms with Gasteiger partial charge in [-0.1, -0.05) is 18.2 Å². The van der Waals surface area contributed by atoms with Crippen molar-refractivity contribution in [3.05, 3.63) is 59.2 Å². The molecule has 0 bridgehead atoms. The van der Waals surface area contributed by atoms with E-state index in [1.165, 1.54) is 0 Å². The highest BCUT2D eigenvalue weighted by atomic mass is 16.3. The number of aromatic hydroxyl groups is 1. The van der Waals surface area contributed by atoms with E-state index in [1.807, 2.05) is 24.3 Å². The van der Waals surface area contributed by atoms with Crippen LogP contribution in [0.2, 0.25) is 0 Å². The minimum atomic E-state index is -0.160. The zero-order chi connectivity index (χ0) is 14.7. The monoisotopic (exact) mass is 270 g/mol. The fraction of sp³-hybridized carbons (Fsp3) is 0.188. The third-order valence-corrected chi connectivity index (χ3v) is 3.37. The Morgan fingerprint density at radius 2 is 1.95 bits per heavy atom. The van der Waals surface area contributed by atoms with Gasteiger partial charge in [-0.05, 0) is 36.8 Å². The van der Waals surface area contributed by atoms with Crippen molar-refractivity contribution in [3.63, 3.8) is 0 Å². The van der Waals surface area contributed by atoms with Gasteiger partial charge in [0.25, 0.3) is 5.91 Å². The van der Waals surface area contributed by atoms with Crippen LogP contribution in [0.4, 0.5) is 5.69 Å². The summed E-state index contributed by atoms with van der Waals surface area (Å²) < 4.78 is 0. The van der Waals surface area contributed by atoms with Crippen molar-refractivity contribution in [2.75, 3.05) is 11.9 Å². The molecule has 3 N–H and O–H groups in total. The third-order valence-electron chi connectivity index (χ3n) is 3.37. The van der Waals surface area contributed by atoms with Gasteiger partial charge in [0.1, 0.15) is 5.75 Å². The molecular formula is C16H18N2O2. The SMILES string of the molecule is Cc1c(O)cccc1C(=O)N(C)c1cccc(CN)c1. The van der Waals surface area contributed by atoms with Crippen LogP contribution >= 0.6 is 0 Å². The number of carbonyl (C=O) groups is 1. The summed E-state index contributed by atoms with van der Waals surface area (Å²) in [7, 11) is 1.71. The Labute approximate surface area is 118 Å². The molecular weight excluding hydrogens is 252 g/mol. The Morgan fingerprint density at radius 1 is 1.25 bits per heavy atom. The summed E-state index contributed by atoms with van der Waals surface area (Å²) in [5, 5.41) is 9.70. The summed E-state index contributed by atoms with van der Waals surface area (Å²) >= 11 is 0. The lowest BCUT2D eigenvalue weighted by Gasteiger charge is -2.19. The first-order valence-corrected chi connectivity index (χ1v) is 6.40. The second kappa shape index (κ2) is 5.75. The number of carbonyl (C=O) groups excluding carboxylic acids is 1. The van der Waals surface area contributed by atoms with E-state index in [4.69, 9.17) is 5.73 Å². The molecule has 4 nitrogen and oxygen atoms in total. The van der Waals surface area contributed by atoms with E-state index in [-0.39, 0.29) is 11.7 Å². The maximum Gasteiger partial charge on any atom is 0.258 e. The molecule has 0 fully saturated rings. The van der Waals surface area contributed by atoms with Crippen molar-refractivity contribution >= 4 is 11.6 Å². The fourth-order valence-corrected chi connectivity index (χ4v) is 2.05. The van der Waals surface area contributed by atoms with E-state index in [2.05, 4.69) is 0 Å². The van der Waals surface area contributed by atoms with Crippen LogP contribution in [0.5, 0.6) is 5.75 Å². The predicted molar refractivity (Wildman–Crippen MR) is 79.9 cm³/mol. The smallest absolute Gasteiger partial charge is 0.258 e. The molecule has 0 atom stereocenters. The molecule has 4 heteroatoms. The molecule has 2 rings (SSSR count). The molecule has 1 amide bonds. The van der Waals surface area contributed by atoms with Crippen LogP contribution in [0.15, 0.2) is 42.5 Å². The van der Waals surface area contributed by atoms with Gasteiger partial charge in [0, 0.05) is 30.4 Å². The normalized spacial score (nSPS) is 10.3. The van der Waals surface area contributed by atoms with Crippen LogP contribution in [0.1, 0.15) is 21.5 Å². The molecule has 0 heterocycles. The van der Waals surface area contributed by atoms with Gasteiger partial charge >= 0.3 is 0 Å². The lowest BCUT2D eigenvalue weighted by Crippen LogP contribution is -2.27. The van der Waals surface area contributed by atoms with Gasteiger partial charge in [-0.25, -0.2) is 0 Å². The molecule has 0 unspecified atom stereocenters. The summed E-state index contributed by atoms with van der Waals surface area (Å²) in [6.07, 6.45) is 0. The largest absolute Gasteiger partial charge is 0.508 e. The predicted octanol–water partition coefficient (Wildman–Crippen LogP) is 2.44. The van der Waals surface area contributed by atoms with Gasteiger partial charge in [-0.15, -0.1) is 0 Å². The molecule has 0 aromatic heterocycles. The van der Waals surface area contributed by atoms with Crippen LogP contribution in [-0.4, -0.2) is 18.1 Å². The summed E-state index contributed by atoms with van der Waals surface area (Å²) in [4.78, 5) is 14.1. The molecule has 104 valence electrons. The first-order valence-electron chi connectivity index (χ1n) is 6.40. The van der Waals surface area contributed by atoms with E-state index in [9.17, 15) is 9.90 Å². The number of phenolic OH excluding ortho intramolecular Hbond substituents is 1. The van der Waals surface area contributed by atoms with Crippen LogP contribution in [0, 0.1) is 6.92 Å². The van der Waals surface area contributed by atoms with Gasteiger partial charge in [0.15, 0.2) is 0 Å². The molecule has 0 radical (unpaired) electrons. The number of phenols is 1. The number of hydrogen-bond acceptors (Lipinski definition) is 3. The first kappa shape index (κ1) is 14.1. The minimum absolute atomic E-state index is 0.125. The number of benzene rings is 2. The number of anilines is 1. The highest BCUT2D eigenvalue weighted by molar-refractivity contribution is 6.07. The van der Waals surface area contributed by atoms with Crippen molar-refractivity contribution in [1.29, 1.82) is 0 Å². The van der Waals surface area contributed by atoms with E-state index >= 15 is 0 Å². The van der Waals surface area contributed by atoms with Gasteiger partial charge in [-0.3, -0.25) is 4.79 Å². The summed E-state index contributed by atoms with van der Waals surface area (Å²) in [6.45, 7) is 2.16. The maximum atomic E-state index is 12.5. The number of hydrogen-bond donors (Lipinski definition) is 2. The van der Waals surface area contributed by atoms with Crippen molar-refractivity contribution in [1.82, 2.24) is 0 Å². The molecule has 0 saturated carbocycles. The molecule has 2 aromatic carbocycles. The fourth-order valence-electron chi connectivity index (χ4n) is 2.05. The number of rotatable bonds is 3. The molecule has 0 saturated heterocycles. The average Bonchev–Trinajstić information content (AvgIpc) is 2.48. The molecule has 0 aliphatic heterocycles. The second-order valence-corrected chi connectivity index (χ2v) is 4.69. The number of nitrogens with zero attached hydrogens (tertiary/aromatic N) is 1. The molecule has 2 aromatic rings. The first-order chi connectivity index (χ1) is 9.54.